The zero-order chi connectivity index (χ0) is 25.0. The van der Waals surface area contributed by atoms with E-state index in [1.165, 1.54) is 23.3 Å². The molecule has 1 fully saturated rings. The van der Waals surface area contributed by atoms with Gasteiger partial charge in [-0.3, -0.25) is 9.69 Å². The summed E-state index contributed by atoms with van der Waals surface area (Å²) in [6.45, 7) is 10.3. The summed E-state index contributed by atoms with van der Waals surface area (Å²) in [5.74, 6) is 0.675. The Labute approximate surface area is 200 Å². The molecule has 34 heavy (non-hydrogen) atoms. The van der Waals surface area contributed by atoms with Crippen LogP contribution in [-0.2, 0) is 6.18 Å². The predicted molar refractivity (Wildman–Crippen MR) is 127 cm³/mol. The van der Waals surface area contributed by atoms with E-state index in [2.05, 4.69) is 36.6 Å². The van der Waals surface area contributed by atoms with Gasteiger partial charge in [0, 0.05) is 44.3 Å². The van der Waals surface area contributed by atoms with Gasteiger partial charge in [-0.15, -0.1) is 0 Å². The molecule has 1 heterocycles. The second kappa shape index (κ2) is 10.8. The summed E-state index contributed by atoms with van der Waals surface area (Å²) in [6, 6.07) is 8.78. The predicted octanol–water partition coefficient (Wildman–Crippen LogP) is 4.78. The van der Waals surface area contributed by atoms with Crippen LogP contribution in [0.25, 0.3) is 0 Å². The van der Waals surface area contributed by atoms with E-state index in [4.69, 9.17) is 4.74 Å². The molecule has 2 aromatic rings. The van der Waals surface area contributed by atoms with E-state index in [1.807, 2.05) is 20.2 Å². The Hall–Kier alpha value is -2.58. The summed E-state index contributed by atoms with van der Waals surface area (Å²) in [6.07, 6.45) is -4.41. The lowest BCUT2D eigenvalue weighted by molar-refractivity contribution is -0.137. The fourth-order valence-corrected chi connectivity index (χ4v) is 4.26. The van der Waals surface area contributed by atoms with Gasteiger partial charge in [0.05, 0.1) is 5.56 Å². The number of carbonyl (C=O) groups is 1. The summed E-state index contributed by atoms with van der Waals surface area (Å²) >= 11 is 0. The van der Waals surface area contributed by atoms with Crippen LogP contribution in [0.3, 0.4) is 0 Å². The minimum atomic E-state index is -4.41. The Morgan fingerprint density at radius 1 is 1.00 bits per heavy atom. The third kappa shape index (κ3) is 6.10. The first-order chi connectivity index (χ1) is 16.0. The number of benzene rings is 2. The summed E-state index contributed by atoms with van der Waals surface area (Å²) in [7, 11) is 4.03. The van der Waals surface area contributed by atoms with Crippen LogP contribution < -0.4 is 4.74 Å². The molecular formula is C26H34F3N3O2. The van der Waals surface area contributed by atoms with Gasteiger partial charge >= 0.3 is 6.18 Å². The highest BCUT2D eigenvalue weighted by Gasteiger charge is 2.31. The maximum atomic E-state index is 12.8. The number of alkyl halides is 3. The number of amides is 1. The lowest BCUT2D eigenvalue weighted by Crippen LogP contribution is -2.49. The first kappa shape index (κ1) is 26.0. The Bertz CT molecular complexity index is 982. The molecule has 0 bridgehead atoms. The van der Waals surface area contributed by atoms with Gasteiger partial charge in [-0.1, -0.05) is 6.07 Å². The molecule has 0 spiro atoms. The number of halogens is 3. The van der Waals surface area contributed by atoms with Crippen LogP contribution in [0.4, 0.5) is 13.2 Å². The smallest absolute Gasteiger partial charge is 0.416 e. The number of likely N-dealkylation sites (N-methyl/N-ethyl adjacent to an activating group) is 1. The molecule has 0 aromatic heterocycles. The molecule has 0 N–H and O–H groups in total. The maximum Gasteiger partial charge on any atom is 0.416 e. The molecule has 1 amide bonds. The Kier molecular flexibility index (Phi) is 8.25. The normalized spacial score (nSPS) is 16.1. The topological polar surface area (TPSA) is 36.0 Å². The molecule has 1 saturated heterocycles. The molecule has 186 valence electrons. The zero-order valence-corrected chi connectivity index (χ0v) is 20.6. The minimum Gasteiger partial charge on any atom is -0.492 e. The molecule has 0 saturated carbocycles. The Balaban J connectivity index is 1.60. The molecule has 8 heteroatoms. The molecule has 1 aliphatic heterocycles. The SMILES string of the molecule is Cc1c(OCCN(C)C)ccc(C(C)N2CCN(C(=O)c3ccc(C(F)(F)F)cc3)CC2)c1C. The van der Waals surface area contributed by atoms with Crippen LogP contribution in [0.15, 0.2) is 36.4 Å². The first-order valence-corrected chi connectivity index (χ1v) is 11.6. The van der Waals surface area contributed by atoms with Crippen molar-refractivity contribution in [2.45, 2.75) is 33.0 Å². The molecule has 3 rings (SSSR count). The highest BCUT2D eigenvalue weighted by atomic mass is 19.4. The van der Waals surface area contributed by atoms with E-state index in [-0.39, 0.29) is 17.5 Å². The molecule has 2 aromatic carbocycles. The van der Waals surface area contributed by atoms with Gasteiger partial charge in [0.15, 0.2) is 0 Å². The molecule has 1 aliphatic rings. The van der Waals surface area contributed by atoms with Crippen molar-refractivity contribution in [2.24, 2.45) is 0 Å². The van der Waals surface area contributed by atoms with E-state index in [0.29, 0.717) is 32.8 Å². The van der Waals surface area contributed by atoms with E-state index < -0.39 is 11.7 Å². The second-order valence-electron chi connectivity index (χ2n) is 9.13. The third-order valence-electron chi connectivity index (χ3n) is 6.63. The van der Waals surface area contributed by atoms with Crippen molar-refractivity contribution in [3.05, 3.63) is 64.2 Å². The average Bonchev–Trinajstić information content (AvgIpc) is 2.80. The Morgan fingerprint density at radius 3 is 2.18 bits per heavy atom. The van der Waals surface area contributed by atoms with Crippen molar-refractivity contribution in [1.29, 1.82) is 0 Å². The number of hydrogen-bond donors (Lipinski definition) is 0. The van der Waals surface area contributed by atoms with E-state index in [9.17, 15) is 18.0 Å². The van der Waals surface area contributed by atoms with E-state index >= 15 is 0 Å². The van der Waals surface area contributed by atoms with Crippen LogP contribution in [0, 0.1) is 13.8 Å². The maximum absolute atomic E-state index is 12.8. The fourth-order valence-electron chi connectivity index (χ4n) is 4.26. The van der Waals surface area contributed by atoms with Crippen molar-refractivity contribution in [1.82, 2.24) is 14.7 Å². The van der Waals surface area contributed by atoms with Crippen LogP contribution in [0.5, 0.6) is 5.75 Å². The second-order valence-corrected chi connectivity index (χ2v) is 9.13. The molecule has 1 unspecified atom stereocenters. The van der Waals surface area contributed by atoms with Gasteiger partial charge in [-0.25, -0.2) is 0 Å². The van der Waals surface area contributed by atoms with Gasteiger partial charge in [-0.05, 0) is 81.9 Å². The van der Waals surface area contributed by atoms with E-state index in [0.717, 1.165) is 30.0 Å². The minimum absolute atomic E-state index is 0.179. The molecular weight excluding hydrogens is 443 g/mol. The van der Waals surface area contributed by atoms with Crippen LogP contribution in [0.1, 0.15) is 45.6 Å². The van der Waals surface area contributed by atoms with E-state index in [1.54, 1.807) is 4.90 Å². The van der Waals surface area contributed by atoms with Crippen molar-refractivity contribution < 1.29 is 22.7 Å². The number of hydrogen-bond acceptors (Lipinski definition) is 4. The van der Waals surface area contributed by atoms with Gasteiger partial charge in [0.1, 0.15) is 12.4 Å². The highest BCUT2D eigenvalue weighted by molar-refractivity contribution is 5.94. The van der Waals surface area contributed by atoms with Gasteiger partial charge in [-0.2, -0.15) is 13.2 Å². The van der Waals surface area contributed by atoms with Crippen LogP contribution >= 0.6 is 0 Å². The summed E-state index contributed by atoms with van der Waals surface area (Å²) < 4.78 is 44.3. The van der Waals surface area contributed by atoms with Crippen LogP contribution in [0.2, 0.25) is 0 Å². The summed E-state index contributed by atoms with van der Waals surface area (Å²) in [5, 5.41) is 0. The highest BCUT2D eigenvalue weighted by Crippen LogP contribution is 2.32. The van der Waals surface area contributed by atoms with Crippen molar-refractivity contribution in [2.75, 3.05) is 53.4 Å². The zero-order valence-electron chi connectivity index (χ0n) is 20.6. The molecule has 0 radical (unpaired) electrons. The van der Waals surface area contributed by atoms with Gasteiger partial charge in [0.25, 0.3) is 5.91 Å². The standard InChI is InChI=1S/C26H34F3N3O2/c1-18-19(2)24(34-17-16-30(4)5)11-10-23(18)20(3)31-12-14-32(15-13-31)25(33)21-6-8-22(9-7-21)26(27,28)29/h6-11,20H,12-17H2,1-5H3. The number of carbonyl (C=O) groups excluding carboxylic acids is 1. The largest absolute Gasteiger partial charge is 0.492 e. The van der Waals surface area contributed by atoms with Crippen molar-refractivity contribution in [3.63, 3.8) is 0 Å². The summed E-state index contributed by atoms with van der Waals surface area (Å²) in [5.41, 5.74) is 3.12. The lowest BCUT2D eigenvalue weighted by atomic mass is 9.96. The van der Waals surface area contributed by atoms with Crippen molar-refractivity contribution in [3.8, 4) is 5.75 Å². The van der Waals surface area contributed by atoms with Crippen LogP contribution in [-0.4, -0.2) is 74.0 Å². The first-order valence-electron chi connectivity index (χ1n) is 11.6. The number of nitrogens with zero attached hydrogens (tertiary/aromatic N) is 3. The lowest BCUT2D eigenvalue weighted by Gasteiger charge is -2.39. The fraction of sp³-hybridized carbons (Fsp3) is 0.500. The quantitative estimate of drug-likeness (QED) is 0.575. The molecule has 5 nitrogen and oxygen atoms in total. The van der Waals surface area contributed by atoms with Gasteiger partial charge < -0.3 is 14.5 Å². The number of rotatable bonds is 7. The number of piperazine rings is 1. The monoisotopic (exact) mass is 477 g/mol. The Morgan fingerprint density at radius 2 is 1.62 bits per heavy atom. The van der Waals surface area contributed by atoms with Gasteiger partial charge in [0.2, 0.25) is 0 Å². The van der Waals surface area contributed by atoms with Crippen molar-refractivity contribution >= 4 is 5.91 Å². The summed E-state index contributed by atoms with van der Waals surface area (Å²) in [4.78, 5) is 18.9. The third-order valence-corrected chi connectivity index (χ3v) is 6.63. The number of ether oxygens (including phenoxy) is 1. The molecule has 1 atom stereocenters. The average molecular weight is 478 g/mol. The molecule has 0 aliphatic carbocycles.